The van der Waals surface area contributed by atoms with Crippen LogP contribution in [0.1, 0.15) is 18.0 Å². The maximum Gasteiger partial charge on any atom is 0.132 e. The van der Waals surface area contributed by atoms with Gasteiger partial charge in [-0.25, -0.2) is 4.39 Å². The van der Waals surface area contributed by atoms with Crippen LogP contribution in [-0.2, 0) is 0 Å². The molecule has 1 aromatic carbocycles. The number of fused-ring (bicyclic) bond motifs is 1. The molecule has 2 nitrogen and oxygen atoms in total. The van der Waals surface area contributed by atoms with Crippen molar-refractivity contribution in [2.75, 3.05) is 13.1 Å². The Morgan fingerprint density at radius 2 is 2.27 bits per heavy atom. The fraction of sp³-hybridized carbons (Fsp3) is 0.333. The van der Waals surface area contributed by atoms with E-state index in [0.29, 0.717) is 11.3 Å². The standard InChI is InChI=1S/C12H13FN2/c13-10-2-1-3-11-9(10)6-12(15-11)8-4-5-14-7-8/h1-3,6,8,14-15H,4-5,7H2/t8-/m0/s1. The normalized spacial score (nSPS) is 21.3. The zero-order valence-corrected chi connectivity index (χ0v) is 8.39. The first-order valence-electron chi connectivity index (χ1n) is 5.32. The van der Waals surface area contributed by atoms with E-state index in [-0.39, 0.29) is 5.82 Å². The number of rotatable bonds is 1. The molecule has 15 heavy (non-hydrogen) atoms. The van der Waals surface area contributed by atoms with Crippen LogP contribution in [0.25, 0.3) is 10.9 Å². The van der Waals surface area contributed by atoms with Crippen molar-refractivity contribution >= 4 is 10.9 Å². The minimum Gasteiger partial charge on any atom is -0.358 e. The van der Waals surface area contributed by atoms with Gasteiger partial charge in [-0.1, -0.05) is 6.07 Å². The van der Waals surface area contributed by atoms with Crippen molar-refractivity contribution in [3.05, 3.63) is 35.8 Å². The number of hydrogen-bond donors (Lipinski definition) is 2. The molecule has 0 saturated carbocycles. The predicted octanol–water partition coefficient (Wildman–Crippen LogP) is 2.38. The first-order chi connectivity index (χ1) is 7.34. The lowest BCUT2D eigenvalue weighted by atomic mass is 10.1. The van der Waals surface area contributed by atoms with Crippen LogP contribution >= 0.6 is 0 Å². The minimum atomic E-state index is -0.138. The van der Waals surface area contributed by atoms with Gasteiger partial charge >= 0.3 is 0 Å². The molecule has 0 unspecified atom stereocenters. The molecule has 2 aromatic rings. The molecule has 0 radical (unpaired) electrons. The molecule has 1 aromatic heterocycles. The number of aromatic amines is 1. The largest absolute Gasteiger partial charge is 0.358 e. The van der Waals surface area contributed by atoms with E-state index >= 15 is 0 Å². The second-order valence-electron chi connectivity index (χ2n) is 4.12. The summed E-state index contributed by atoms with van der Waals surface area (Å²) in [6, 6.07) is 7.12. The minimum absolute atomic E-state index is 0.138. The Morgan fingerprint density at radius 1 is 1.33 bits per heavy atom. The highest BCUT2D eigenvalue weighted by atomic mass is 19.1. The van der Waals surface area contributed by atoms with Crippen molar-refractivity contribution in [2.24, 2.45) is 0 Å². The van der Waals surface area contributed by atoms with Crippen LogP contribution in [0.15, 0.2) is 24.3 Å². The Morgan fingerprint density at radius 3 is 3.00 bits per heavy atom. The predicted molar refractivity (Wildman–Crippen MR) is 58.5 cm³/mol. The summed E-state index contributed by atoms with van der Waals surface area (Å²) in [4.78, 5) is 3.30. The summed E-state index contributed by atoms with van der Waals surface area (Å²) in [7, 11) is 0. The van der Waals surface area contributed by atoms with E-state index in [0.717, 1.165) is 30.7 Å². The highest BCUT2D eigenvalue weighted by Gasteiger charge is 2.18. The number of benzene rings is 1. The molecule has 1 aliphatic rings. The highest BCUT2D eigenvalue weighted by Crippen LogP contribution is 2.26. The quantitative estimate of drug-likeness (QED) is 0.733. The Bertz CT molecular complexity index is 483. The number of nitrogens with one attached hydrogen (secondary N) is 2. The van der Waals surface area contributed by atoms with Crippen molar-refractivity contribution in [1.82, 2.24) is 10.3 Å². The van der Waals surface area contributed by atoms with E-state index < -0.39 is 0 Å². The summed E-state index contributed by atoms with van der Waals surface area (Å²) in [5.41, 5.74) is 2.05. The molecule has 0 bridgehead atoms. The molecular weight excluding hydrogens is 191 g/mol. The third-order valence-corrected chi connectivity index (χ3v) is 3.13. The molecule has 2 N–H and O–H groups in total. The molecule has 3 rings (SSSR count). The van der Waals surface area contributed by atoms with Crippen LogP contribution in [0.4, 0.5) is 4.39 Å². The fourth-order valence-corrected chi connectivity index (χ4v) is 2.28. The van der Waals surface area contributed by atoms with Gasteiger partial charge in [-0.3, -0.25) is 0 Å². The molecule has 78 valence electrons. The molecule has 1 fully saturated rings. The van der Waals surface area contributed by atoms with Crippen LogP contribution in [0.3, 0.4) is 0 Å². The number of hydrogen-bond acceptors (Lipinski definition) is 1. The van der Waals surface area contributed by atoms with Gasteiger partial charge < -0.3 is 10.3 Å². The molecule has 2 heterocycles. The summed E-state index contributed by atoms with van der Waals surface area (Å²) >= 11 is 0. The summed E-state index contributed by atoms with van der Waals surface area (Å²) < 4.78 is 13.5. The highest BCUT2D eigenvalue weighted by molar-refractivity contribution is 5.81. The lowest BCUT2D eigenvalue weighted by molar-refractivity contribution is 0.640. The van der Waals surface area contributed by atoms with Gasteiger partial charge in [0.25, 0.3) is 0 Å². The fourth-order valence-electron chi connectivity index (χ4n) is 2.28. The third kappa shape index (κ3) is 1.43. The molecule has 1 aliphatic heterocycles. The average molecular weight is 204 g/mol. The Labute approximate surface area is 87.5 Å². The molecule has 3 heteroatoms. The summed E-state index contributed by atoms with van der Waals surface area (Å²) in [6.45, 7) is 2.05. The van der Waals surface area contributed by atoms with Crippen molar-refractivity contribution in [3.8, 4) is 0 Å². The van der Waals surface area contributed by atoms with Gasteiger partial charge in [-0.2, -0.15) is 0 Å². The zero-order valence-electron chi connectivity index (χ0n) is 8.39. The second kappa shape index (κ2) is 3.35. The van der Waals surface area contributed by atoms with E-state index in [4.69, 9.17) is 0 Å². The molecular formula is C12H13FN2. The summed E-state index contributed by atoms with van der Waals surface area (Å²) in [5, 5.41) is 4.02. The van der Waals surface area contributed by atoms with Gasteiger partial charge in [0, 0.05) is 29.1 Å². The SMILES string of the molecule is Fc1cccc2[nH]c([C@H]3CCNC3)cc12. The van der Waals surface area contributed by atoms with Crippen LogP contribution in [0.5, 0.6) is 0 Å². The Balaban J connectivity index is 2.09. The van der Waals surface area contributed by atoms with Gasteiger partial charge in [-0.05, 0) is 31.2 Å². The monoisotopic (exact) mass is 204 g/mol. The lowest BCUT2D eigenvalue weighted by Crippen LogP contribution is -2.07. The van der Waals surface area contributed by atoms with Crippen LogP contribution < -0.4 is 5.32 Å². The topological polar surface area (TPSA) is 27.8 Å². The Kier molecular flexibility index (Phi) is 1.99. The van der Waals surface area contributed by atoms with Crippen molar-refractivity contribution in [2.45, 2.75) is 12.3 Å². The maximum absolute atomic E-state index is 13.5. The first kappa shape index (κ1) is 8.92. The molecule has 0 amide bonds. The summed E-state index contributed by atoms with van der Waals surface area (Å²) in [5.74, 6) is 0.373. The number of halogens is 1. The van der Waals surface area contributed by atoms with Gasteiger partial charge in [-0.15, -0.1) is 0 Å². The van der Waals surface area contributed by atoms with Crippen molar-refractivity contribution in [3.63, 3.8) is 0 Å². The van der Waals surface area contributed by atoms with Crippen LogP contribution in [0, 0.1) is 5.82 Å². The second-order valence-corrected chi connectivity index (χ2v) is 4.12. The number of aromatic nitrogens is 1. The van der Waals surface area contributed by atoms with Gasteiger partial charge in [0.05, 0.1) is 0 Å². The van der Waals surface area contributed by atoms with Crippen LogP contribution in [0.2, 0.25) is 0 Å². The van der Waals surface area contributed by atoms with Gasteiger partial charge in [0.15, 0.2) is 0 Å². The van der Waals surface area contributed by atoms with E-state index in [9.17, 15) is 4.39 Å². The zero-order chi connectivity index (χ0) is 10.3. The first-order valence-corrected chi connectivity index (χ1v) is 5.32. The van der Waals surface area contributed by atoms with E-state index in [1.54, 1.807) is 6.07 Å². The summed E-state index contributed by atoms with van der Waals surface area (Å²) in [6.07, 6.45) is 1.13. The van der Waals surface area contributed by atoms with E-state index in [1.807, 2.05) is 12.1 Å². The smallest absolute Gasteiger partial charge is 0.132 e. The molecule has 1 saturated heterocycles. The Hall–Kier alpha value is -1.35. The molecule has 1 atom stereocenters. The van der Waals surface area contributed by atoms with Gasteiger partial charge in [0.2, 0.25) is 0 Å². The van der Waals surface area contributed by atoms with E-state index in [2.05, 4.69) is 10.3 Å². The van der Waals surface area contributed by atoms with Crippen molar-refractivity contribution in [1.29, 1.82) is 0 Å². The average Bonchev–Trinajstić information content (AvgIpc) is 2.86. The van der Waals surface area contributed by atoms with Crippen LogP contribution in [-0.4, -0.2) is 18.1 Å². The van der Waals surface area contributed by atoms with E-state index in [1.165, 1.54) is 6.07 Å². The number of H-pyrrole nitrogens is 1. The molecule has 0 aliphatic carbocycles. The van der Waals surface area contributed by atoms with Crippen molar-refractivity contribution < 1.29 is 4.39 Å². The third-order valence-electron chi connectivity index (χ3n) is 3.13. The maximum atomic E-state index is 13.5. The van der Waals surface area contributed by atoms with Gasteiger partial charge in [0.1, 0.15) is 5.82 Å². The lowest BCUT2D eigenvalue weighted by Gasteiger charge is -2.03. The molecule has 0 spiro atoms.